The minimum absolute atomic E-state index is 0.0575. The number of carbonyl (C=O) groups excluding carboxylic acids is 1. The molecule has 1 aromatic carbocycles. The molecule has 2 N–H and O–H groups in total. The first-order valence-corrected chi connectivity index (χ1v) is 10.3. The number of hydrogen-bond donors (Lipinski definition) is 1. The average molecular weight is 452 g/mol. The summed E-state index contributed by atoms with van der Waals surface area (Å²) in [5.41, 5.74) is 6.01. The predicted molar refractivity (Wildman–Crippen MR) is 118 cm³/mol. The van der Waals surface area contributed by atoms with Crippen LogP contribution in [0.5, 0.6) is 0 Å². The van der Waals surface area contributed by atoms with E-state index >= 15 is 0 Å². The van der Waals surface area contributed by atoms with Crippen molar-refractivity contribution in [1.82, 2.24) is 14.9 Å². The van der Waals surface area contributed by atoms with Crippen LogP contribution in [0.15, 0.2) is 47.2 Å². The normalized spacial score (nSPS) is 24.1. The monoisotopic (exact) mass is 452 g/mol. The molecule has 0 saturated carbocycles. The van der Waals surface area contributed by atoms with Gasteiger partial charge in [0.2, 0.25) is 5.91 Å². The van der Waals surface area contributed by atoms with Gasteiger partial charge in [0.25, 0.3) is 0 Å². The summed E-state index contributed by atoms with van der Waals surface area (Å²) < 4.78 is 28.7. The van der Waals surface area contributed by atoms with Crippen molar-refractivity contribution >= 4 is 34.7 Å². The summed E-state index contributed by atoms with van der Waals surface area (Å²) in [6.45, 7) is 1.68. The molecule has 2 aliphatic rings. The molecule has 2 aromatic rings. The highest BCUT2D eigenvalue weighted by molar-refractivity contribution is 8.16. The molecule has 0 fully saturated rings. The van der Waals surface area contributed by atoms with Crippen molar-refractivity contribution in [2.45, 2.75) is 17.2 Å². The van der Waals surface area contributed by atoms with Gasteiger partial charge in [-0.15, -0.1) is 0 Å². The highest BCUT2D eigenvalue weighted by atomic mass is 32.2. The maximum absolute atomic E-state index is 14.9. The van der Waals surface area contributed by atoms with Crippen LogP contribution in [0, 0.1) is 17.1 Å². The number of halogens is 2. The van der Waals surface area contributed by atoms with Gasteiger partial charge in [-0.3, -0.25) is 4.79 Å². The Bertz CT molecular complexity index is 1260. The van der Waals surface area contributed by atoms with Gasteiger partial charge in [0.15, 0.2) is 16.7 Å². The molecular weight excluding hydrogens is 434 g/mol. The lowest BCUT2D eigenvalue weighted by molar-refractivity contribution is -0.128. The Labute approximate surface area is 187 Å². The Morgan fingerprint density at radius 2 is 2.06 bits per heavy atom. The molecule has 0 bridgehead atoms. The number of benzene rings is 1. The average Bonchev–Trinajstić information content (AvgIpc) is 3.51. The zero-order valence-corrected chi connectivity index (χ0v) is 18.2. The molecule has 0 saturated heterocycles. The van der Waals surface area contributed by atoms with Crippen molar-refractivity contribution in [2.24, 2.45) is 10.7 Å². The molecular formula is C22H18F2N6OS. The molecule has 4 rings (SSSR count). The number of amides is 1. The van der Waals surface area contributed by atoms with Crippen LogP contribution < -0.4 is 5.73 Å². The van der Waals surface area contributed by atoms with Crippen molar-refractivity contribution in [3.05, 3.63) is 70.6 Å². The maximum Gasteiger partial charge on any atom is 0.247 e. The Kier molecular flexibility index (Phi) is 5.09. The molecule has 2 atom stereocenters. The number of hydrogen-bond acceptors (Lipinski definition) is 7. The fourth-order valence-corrected chi connectivity index (χ4v) is 5.03. The smallest absolute Gasteiger partial charge is 0.247 e. The van der Waals surface area contributed by atoms with E-state index in [4.69, 9.17) is 11.0 Å². The number of nitrogens with zero attached hydrogens (tertiary/aromatic N) is 5. The van der Waals surface area contributed by atoms with Gasteiger partial charge in [0.1, 0.15) is 27.9 Å². The van der Waals surface area contributed by atoms with Gasteiger partial charge >= 0.3 is 0 Å². The van der Waals surface area contributed by atoms with Crippen LogP contribution in [-0.4, -0.2) is 44.8 Å². The number of thioether (sulfide) groups is 1. The SMILES string of the molecule is CN(C)C(=O)[C@]12C=C1[C@@](C)(c1cc(/C=C(\F)c3cnc(C#N)cn3)ccc1F)N=C(N)S2. The summed E-state index contributed by atoms with van der Waals surface area (Å²) in [5.74, 6) is -1.43. The summed E-state index contributed by atoms with van der Waals surface area (Å²) in [6, 6.07) is 5.93. The van der Waals surface area contributed by atoms with E-state index in [2.05, 4.69) is 15.0 Å². The lowest BCUT2D eigenvalue weighted by atomic mass is 9.86. The Morgan fingerprint density at radius 3 is 2.69 bits per heavy atom. The Balaban J connectivity index is 1.73. The van der Waals surface area contributed by atoms with E-state index in [-0.39, 0.29) is 28.0 Å². The number of nitriles is 1. The minimum atomic E-state index is -1.21. The van der Waals surface area contributed by atoms with Gasteiger partial charge in [-0.25, -0.2) is 23.7 Å². The fraction of sp³-hybridized carbons (Fsp3) is 0.227. The van der Waals surface area contributed by atoms with Crippen molar-refractivity contribution < 1.29 is 13.6 Å². The van der Waals surface area contributed by atoms with Gasteiger partial charge < -0.3 is 10.6 Å². The van der Waals surface area contributed by atoms with Crippen LogP contribution in [0.25, 0.3) is 11.9 Å². The van der Waals surface area contributed by atoms with E-state index in [1.54, 1.807) is 27.1 Å². The number of rotatable bonds is 4. The largest absolute Gasteiger partial charge is 0.378 e. The molecule has 0 spiro atoms. The summed E-state index contributed by atoms with van der Waals surface area (Å²) >= 11 is 1.13. The minimum Gasteiger partial charge on any atom is -0.378 e. The number of aliphatic imine (C=N–C) groups is 1. The van der Waals surface area contributed by atoms with E-state index < -0.39 is 21.9 Å². The lowest BCUT2D eigenvalue weighted by Gasteiger charge is -2.34. The number of fused-ring (bicyclic) bond motifs is 1. The third-order valence-corrected chi connectivity index (χ3v) is 6.47. The summed E-state index contributed by atoms with van der Waals surface area (Å²) in [6.07, 6.45) is 5.25. The van der Waals surface area contributed by atoms with E-state index in [1.165, 1.54) is 29.2 Å². The van der Waals surface area contributed by atoms with Crippen LogP contribution in [-0.2, 0) is 10.3 Å². The second-order valence-electron chi connectivity index (χ2n) is 7.75. The first-order chi connectivity index (χ1) is 15.1. The van der Waals surface area contributed by atoms with E-state index in [0.717, 1.165) is 24.2 Å². The zero-order chi connectivity index (χ0) is 23.3. The highest BCUT2D eigenvalue weighted by Gasteiger charge is 2.63. The molecule has 0 unspecified atom stereocenters. The number of amidine groups is 1. The Morgan fingerprint density at radius 1 is 1.31 bits per heavy atom. The quantitative estimate of drug-likeness (QED) is 0.715. The lowest BCUT2D eigenvalue weighted by Crippen LogP contribution is -2.43. The second-order valence-corrected chi connectivity index (χ2v) is 9.01. The topological polar surface area (TPSA) is 108 Å². The molecule has 32 heavy (non-hydrogen) atoms. The van der Waals surface area contributed by atoms with Gasteiger partial charge in [0, 0.05) is 19.7 Å². The van der Waals surface area contributed by atoms with Crippen molar-refractivity contribution in [3.63, 3.8) is 0 Å². The summed E-state index contributed by atoms with van der Waals surface area (Å²) in [4.78, 5) is 26.4. The second kappa shape index (κ2) is 7.53. The van der Waals surface area contributed by atoms with Gasteiger partial charge in [-0.2, -0.15) is 5.26 Å². The van der Waals surface area contributed by atoms with Crippen LogP contribution in [0.3, 0.4) is 0 Å². The van der Waals surface area contributed by atoms with Crippen LogP contribution in [0.1, 0.15) is 29.4 Å². The van der Waals surface area contributed by atoms with E-state index in [0.29, 0.717) is 11.1 Å². The van der Waals surface area contributed by atoms with Crippen molar-refractivity contribution in [2.75, 3.05) is 14.1 Å². The molecule has 1 aromatic heterocycles. The molecule has 7 nitrogen and oxygen atoms in total. The highest BCUT2D eigenvalue weighted by Crippen LogP contribution is 2.60. The molecule has 1 aliphatic carbocycles. The number of carbonyl (C=O) groups is 1. The molecule has 1 amide bonds. The third-order valence-electron chi connectivity index (χ3n) is 5.33. The standard InChI is InChI=1S/C22H18F2N6OS/c1-21(18-8-22(18,19(31)30(2)3)32-20(26)29-21)14-6-12(4-5-15(14)23)7-16(24)17-11-27-13(9-25)10-28-17/h4-8,10-11H,1-3H3,(H2,26,29)/b16-7-/t21-,22+/m1/s1. The van der Waals surface area contributed by atoms with Crippen molar-refractivity contribution in [1.29, 1.82) is 5.26 Å². The fourth-order valence-electron chi connectivity index (χ4n) is 3.72. The predicted octanol–water partition coefficient (Wildman–Crippen LogP) is 3.00. The number of aromatic nitrogens is 2. The molecule has 1 aliphatic heterocycles. The van der Waals surface area contributed by atoms with Gasteiger partial charge in [-0.05, 0) is 36.3 Å². The van der Waals surface area contributed by atoms with Crippen molar-refractivity contribution in [3.8, 4) is 6.07 Å². The van der Waals surface area contributed by atoms with E-state index in [1.807, 2.05) is 6.07 Å². The van der Waals surface area contributed by atoms with Crippen LogP contribution in [0.4, 0.5) is 8.78 Å². The van der Waals surface area contributed by atoms with Crippen LogP contribution in [0.2, 0.25) is 0 Å². The van der Waals surface area contributed by atoms with Gasteiger partial charge in [0.05, 0.1) is 12.4 Å². The van der Waals surface area contributed by atoms with E-state index in [9.17, 15) is 13.6 Å². The maximum atomic E-state index is 14.9. The first kappa shape index (κ1) is 21.6. The van der Waals surface area contributed by atoms with Crippen LogP contribution >= 0.6 is 11.8 Å². The number of nitrogens with two attached hydrogens (primary N) is 1. The van der Waals surface area contributed by atoms with Gasteiger partial charge in [-0.1, -0.05) is 23.9 Å². The zero-order valence-electron chi connectivity index (χ0n) is 17.4. The molecule has 162 valence electrons. The molecule has 10 heteroatoms. The summed E-state index contributed by atoms with van der Waals surface area (Å²) in [5, 5.41) is 8.95. The summed E-state index contributed by atoms with van der Waals surface area (Å²) in [7, 11) is 3.28. The molecule has 0 radical (unpaired) electrons. The Hall–Kier alpha value is -3.58. The third kappa shape index (κ3) is 3.44. The first-order valence-electron chi connectivity index (χ1n) is 9.50. The molecule has 2 heterocycles.